The van der Waals surface area contributed by atoms with Gasteiger partial charge in [-0.3, -0.25) is 4.98 Å². The molecule has 1 unspecified atom stereocenters. The number of benzene rings is 2. The smallest absolute Gasteiger partial charge is 0.0927 e. The van der Waals surface area contributed by atoms with Crippen molar-refractivity contribution in [2.24, 2.45) is 0 Å². The summed E-state index contributed by atoms with van der Waals surface area (Å²) in [5.74, 6) is 0.446. The lowest BCUT2D eigenvalue weighted by molar-refractivity contribution is 0.785. The highest BCUT2D eigenvalue weighted by Gasteiger charge is 2.35. The molecule has 7 rings (SSSR count). The van der Waals surface area contributed by atoms with Gasteiger partial charge in [0.1, 0.15) is 0 Å². The molecule has 0 radical (unpaired) electrons. The summed E-state index contributed by atoms with van der Waals surface area (Å²) in [6.45, 7) is 2.23. The highest BCUT2D eigenvalue weighted by atomic mass is 14.9. The number of nitrogens with zero attached hydrogens (tertiary/aromatic N) is 2. The molecule has 0 saturated heterocycles. The molecule has 2 nitrogen and oxygen atoms in total. The van der Waals surface area contributed by atoms with Gasteiger partial charge in [0.15, 0.2) is 0 Å². The van der Waals surface area contributed by atoms with E-state index in [0.717, 1.165) is 43.5 Å². The Bertz CT molecular complexity index is 1290. The van der Waals surface area contributed by atoms with Crippen molar-refractivity contribution >= 4 is 0 Å². The van der Waals surface area contributed by atoms with Crippen LogP contribution in [0.4, 0.5) is 0 Å². The van der Waals surface area contributed by atoms with Crippen molar-refractivity contribution in [3.63, 3.8) is 0 Å². The molecular weight excluding hydrogens is 352 g/mol. The van der Waals surface area contributed by atoms with Crippen LogP contribution in [0.2, 0.25) is 0 Å². The van der Waals surface area contributed by atoms with Gasteiger partial charge >= 0.3 is 0 Å². The second-order valence-corrected chi connectivity index (χ2v) is 9.00. The number of rotatable bonds is 0. The van der Waals surface area contributed by atoms with E-state index in [-0.39, 0.29) is 0 Å². The topological polar surface area (TPSA) is 25.8 Å². The van der Waals surface area contributed by atoms with Crippen LogP contribution in [-0.2, 0) is 32.1 Å². The molecule has 0 fully saturated rings. The summed E-state index contributed by atoms with van der Waals surface area (Å²) in [4.78, 5) is 10.4. The average Bonchev–Trinajstić information content (AvgIpc) is 2.99. The van der Waals surface area contributed by atoms with Crippen molar-refractivity contribution in [2.45, 2.75) is 44.9 Å². The maximum absolute atomic E-state index is 5.21. The Hall–Kier alpha value is -3.00. The SMILES string of the molecule is Cc1cc2c3c(c1)CC=C1Cc4nc5c(nc4CC(=CC2)C13)Cc1ccccc1-5. The molecule has 0 amide bonds. The van der Waals surface area contributed by atoms with Crippen LogP contribution in [0, 0.1) is 6.92 Å². The summed E-state index contributed by atoms with van der Waals surface area (Å²) in [5, 5.41) is 0. The van der Waals surface area contributed by atoms with Crippen LogP contribution in [0.3, 0.4) is 0 Å². The predicted octanol–water partition coefficient (Wildman–Crippen LogP) is 5.20. The third-order valence-electron chi connectivity index (χ3n) is 7.19. The maximum atomic E-state index is 5.21. The maximum Gasteiger partial charge on any atom is 0.0927 e. The fraction of sp³-hybridized carbons (Fsp3) is 0.259. The van der Waals surface area contributed by atoms with Crippen molar-refractivity contribution in [3.05, 3.63) is 105 Å². The zero-order chi connectivity index (χ0) is 19.1. The fourth-order valence-corrected chi connectivity index (χ4v) is 5.98. The molecule has 4 aliphatic carbocycles. The lowest BCUT2D eigenvalue weighted by atomic mass is 9.71. The average molecular weight is 374 g/mol. The van der Waals surface area contributed by atoms with E-state index in [1.807, 2.05) is 0 Å². The van der Waals surface area contributed by atoms with Crippen LogP contribution in [0.1, 0.15) is 50.8 Å². The van der Waals surface area contributed by atoms with Crippen LogP contribution in [0.15, 0.2) is 59.7 Å². The van der Waals surface area contributed by atoms with E-state index in [0.29, 0.717) is 5.92 Å². The molecule has 1 heterocycles. The highest BCUT2D eigenvalue weighted by Crippen LogP contribution is 2.47. The van der Waals surface area contributed by atoms with Gasteiger partial charge in [-0.25, -0.2) is 4.98 Å². The monoisotopic (exact) mass is 374 g/mol. The number of allylic oxidation sites excluding steroid dienone is 4. The molecule has 2 aromatic carbocycles. The first kappa shape index (κ1) is 15.9. The minimum absolute atomic E-state index is 0.446. The summed E-state index contributed by atoms with van der Waals surface area (Å²) < 4.78 is 0. The normalized spacial score (nSPS) is 20.0. The van der Waals surface area contributed by atoms with Crippen LogP contribution in [-0.4, -0.2) is 9.97 Å². The van der Waals surface area contributed by atoms with E-state index in [4.69, 9.17) is 9.97 Å². The first-order valence-corrected chi connectivity index (χ1v) is 10.7. The molecule has 0 aliphatic heterocycles. The van der Waals surface area contributed by atoms with Crippen molar-refractivity contribution in [2.75, 3.05) is 0 Å². The van der Waals surface area contributed by atoms with Crippen molar-refractivity contribution < 1.29 is 0 Å². The molecule has 140 valence electrons. The van der Waals surface area contributed by atoms with Gasteiger partial charge in [-0.1, -0.05) is 65.3 Å². The third-order valence-corrected chi connectivity index (χ3v) is 7.19. The van der Waals surface area contributed by atoms with Crippen molar-refractivity contribution in [3.8, 4) is 11.3 Å². The Labute approximate surface area is 171 Å². The minimum Gasteiger partial charge on any atom is -0.253 e. The second kappa shape index (κ2) is 5.54. The van der Waals surface area contributed by atoms with Crippen molar-refractivity contribution in [1.82, 2.24) is 9.97 Å². The Morgan fingerprint density at radius 3 is 2.21 bits per heavy atom. The second-order valence-electron chi connectivity index (χ2n) is 9.00. The van der Waals surface area contributed by atoms with Gasteiger partial charge in [0.2, 0.25) is 0 Å². The first-order chi connectivity index (χ1) is 14.2. The first-order valence-electron chi connectivity index (χ1n) is 10.7. The summed E-state index contributed by atoms with van der Waals surface area (Å²) in [6.07, 6.45) is 9.87. The summed E-state index contributed by atoms with van der Waals surface area (Å²) in [7, 11) is 0. The minimum atomic E-state index is 0.446. The Morgan fingerprint density at radius 1 is 0.759 bits per heavy atom. The number of hydrogen-bond acceptors (Lipinski definition) is 2. The van der Waals surface area contributed by atoms with E-state index < -0.39 is 0 Å². The molecule has 4 aliphatic rings. The molecule has 3 aromatic rings. The van der Waals surface area contributed by atoms with Crippen LogP contribution < -0.4 is 0 Å². The molecule has 1 atom stereocenters. The van der Waals surface area contributed by atoms with Crippen molar-refractivity contribution in [1.29, 1.82) is 0 Å². The van der Waals surface area contributed by atoms with E-state index >= 15 is 0 Å². The molecule has 1 aromatic heterocycles. The molecule has 2 heteroatoms. The Balaban J connectivity index is 1.39. The number of fused-ring (bicyclic) bond motifs is 4. The molecule has 0 saturated carbocycles. The molecule has 29 heavy (non-hydrogen) atoms. The lowest BCUT2D eigenvalue weighted by Gasteiger charge is -2.33. The zero-order valence-electron chi connectivity index (χ0n) is 16.6. The van der Waals surface area contributed by atoms with Gasteiger partial charge in [-0.05, 0) is 42.0 Å². The van der Waals surface area contributed by atoms with Gasteiger partial charge < -0.3 is 0 Å². The molecule has 0 bridgehead atoms. The largest absolute Gasteiger partial charge is 0.253 e. The van der Waals surface area contributed by atoms with E-state index in [1.54, 1.807) is 5.56 Å². The molecular formula is C27H22N2. The fourth-order valence-electron chi connectivity index (χ4n) is 5.98. The van der Waals surface area contributed by atoms with E-state index in [9.17, 15) is 0 Å². The lowest BCUT2D eigenvalue weighted by Crippen LogP contribution is -2.19. The number of hydrogen-bond donors (Lipinski definition) is 0. The standard InChI is InChI=1S/C27H22N2/c1-15-10-17-6-8-19-13-22-23(14-20-9-7-18(11-15)25(17)26(19)20)29-27-21-5-3-2-4-16(21)12-24(27)28-22/h2-5,8-11,26H,6-7,12-14H2,1H3. The Morgan fingerprint density at radius 2 is 1.45 bits per heavy atom. The van der Waals surface area contributed by atoms with Gasteiger partial charge in [-0.2, -0.15) is 0 Å². The van der Waals surface area contributed by atoms with Gasteiger partial charge in [-0.15, -0.1) is 0 Å². The van der Waals surface area contributed by atoms with Crippen LogP contribution in [0.25, 0.3) is 11.3 Å². The van der Waals surface area contributed by atoms with Gasteiger partial charge in [0.25, 0.3) is 0 Å². The predicted molar refractivity (Wildman–Crippen MR) is 115 cm³/mol. The third kappa shape index (κ3) is 2.17. The Kier molecular flexibility index (Phi) is 3.03. The summed E-state index contributed by atoms with van der Waals surface area (Å²) >= 11 is 0. The van der Waals surface area contributed by atoms with E-state index in [2.05, 4.69) is 55.5 Å². The number of aromatic nitrogens is 2. The summed E-state index contributed by atoms with van der Waals surface area (Å²) in [6, 6.07) is 13.4. The van der Waals surface area contributed by atoms with Crippen LogP contribution in [0.5, 0.6) is 0 Å². The number of aryl methyl sites for hydroxylation is 1. The van der Waals surface area contributed by atoms with Gasteiger partial charge in [0, 0.05) is 30.7 Å². The zero-order valence-corrected chi connectivity index (χ0v) is 16.6. The molecule has 0 N–H and O–H groups in total. The molecule has 0 spiro atoms. The van der Waals surface area contributed by atoms with E-state index in [1.165, 1.54) is 50.4 Å². The van der Waals surface area contributed by atoms with Gasteiger partial charge in [0.05, 0.1) is 22.8 Å². The van der Waals surface area contributed by atoms with Crippen LogP contribution >= 0.6 is 0 Å². The highest BCUT2D eigenvalue weighted by molar-refractivity contribution is 5.72. The summed E-state index contributed by atoms with van der Waals surface area (Å²) in [5.41, 5.74) is 16.4. The quantitative estimate of drug-likeness (QED) is 0.395.